The summed E-state index contributed by atoms with van der Waals surface area (Å²) in [5, 5.41) is 0. The number of hydrogen-bond acceptors (Lipinski definition) is 6. The number of rotatable bonds is 7. The van der Waals surface area contributed by atoms with Gasteiger partial charge in [0.05, 0.1) is 23.6 Å². The number of thioether (sulfide) groups is 1. The SMILES string of the molecule is CCCCC1(CC)CC2C(=C(C(=O)OC)C(SC)=CN2c2ccccc2)S(=O)(=O)N1C. The Balaban J connectivity index is 2.29. The molecular formula is C23H32N2O4S2. The van der Waals surface area contributed by atoms with Crippen LogP contribution in [0.3, 0.4) is 0 Å². The average Bonchev–Trinajstić information content (AvgIpc) is 2.79. The van der Waals surface area contributed by atoms with Crippen LogP contribution in [0.25, 0.3) is 0 Å². The monoisotopic (exact) mass is 464 g/mol. The highest BCUT2D eigenvalue weighted by molar-refractivity contribution is 8.02. The third-order valence-corrected chi connectivity index (χ3v) is 9.47. The van der Waals surface area contributed by atoms with Gasteiger partial charge in [0.1, 0.15) is 0 Å². The third-order valence-electron chi connectivity index (χ3n) is 6.58. The second-order valence-corrected chi connectivity index (χ2v) is 10.8. The van der Waals surface area contributed by atoms with Crippen LogP contribution in [0.5, 0.6) is 0 Å². The Labute approximate surface area is 190 Å². The number of hydrogen-bond donors (Lipinski definition) is 0. The summed E-state index contributed by atoms with van der Waals surface area (Å²) >= 11 is 1.35. The molecule has 1 saturated heterocycles. The number of unbranched alkanes of at least 4 members (excludes halogenated alkanes) is 1. The van der Waals surface area contributed by atoms with Crippen molar-refractivity contribution in [1.82, 2.24) is 4.31 Å². The minimum absolute atomic E-state index is 0.151. The van der Waals surface area contributed by atoms with E-state index >= 15 is 0 Å². The number of sulfonamides is 1. The predicted molar refractivity (Wildman–Crippen MR) is 127 cm³/mol. The molecule has 0 aliphatic carbocycles. The fraction of sp³-hybridized carbons (Fsp3) is 0.522. The third kappa shape index (κ3) is 4.05. The maximum atomic E-state index is 14.0. The Morgan fingerprint density at radius 1 is 1.26 bits per heavy atom. The lowest BCUT2D eigenvalue weighted by atomic mass is 9.81. The van der Waals surface area contributed by atoms with E-state index in [4.69, 9.17) is 4.74 Å². The number of ether oxygens (including phenoxy) is 1. The normalized spacial score (nSPS) is 25.8. The summed E-state index contributed by atoms with van der Waals surface area (Å²) in [6, 6.07) is 9.29. The number of carbonyl (C=O) groups is 1. The zero-order valence-corrected chi connectivity index (χ0v) is 20.6. The number of methoxy groups -OCH3 is 1. The van der Waals surface area contributed by atoms with Crippen LogP contribution in [0.15, 0.2) is 51.9 Å². The first kappa shape index (κ1) is 23.9. The molecule has 31 heavy (non-hydrogen) atoms. The van der Waals surface area contributed by atoms with E-state index in [-0.39, 0.29) is 10.5 Å². The second-order valence-electron chi connectivity index (χ2n) is 8.05. The van der Waals surface area contributed by atoms with E-state index in [1.165, 1.54) is 23.2 Å². The number of carbonyl (C=O) groups excluding carboxylic acids is 1. The van der Waals surface area contributed by atoms with E-state index in [1.54, 1.807) is 7.05 Å². The van der Waals surface area contributed by atoms with Gasteiger partial charge in [0.2, 0.25) is 10.0 Å². The highest BCUT2D eigenvalue weighted by Gasteiger charge is 2.54. The van der Waals surface area contributed by atoms with Gasteiger partial charge in [0.15, 0.2) is 0 Å². The Kier molecular flexibility index (Phi) is 7.23. The number of fused-ring (bicyclic) bond motifs is 1. The summed E-state index contributed by atoms with van der Waals surface area (Å²) in [5.41, 5.74) is 0.571. The van der Waals surface area contributed by atoms with Crippen molar-refractivity contribution in [1.29, 1.82) is 0 Å². The fourth-order valence-electron chi connectivity index (χ4n) is 4.70. The molecule has 0 bridgehead atoms. The number of esters is 1. The van der Waals surface area contributed by atoms with Gasteiger partial charge in [0, 0.05) is 29.4 Å². The molecule has 2 aliphatic rings. The van der Waals surface area contributed by atoms with Crippen LogP contribution in [0.4, 0.5) is 5.69 Å². The van der Waals surface area contributed by atoms with E-state index in [9.17, 15) is 13.2 Å². The van der Waals surface area contributed by atoms with E-state index in [0.717, 1.165) is 24.9 Å². The lowest BCUT2D eigenvalue weighted by molar-refractivity contribution is -0.135. The van der Waals surface area contributed by atoms with Crippen molar-refractivity contribution in [3.63, 3.8) is 0 Å². The average molecular weight is 465 g/mol. The summed E-state index contributed by atoms with van der Waals surface area (Å²) in [6.45, 7) is 4.17. The van der Waals surface area contributed by atoms with Gasteiger partial charge in [-0.05, 0) is 37.7 Å². The number of nitrogens with zero attached hydrogens (tertiary/aromatic N) is 2. The second kappa shape index (κ2) is 9.38. The van der Waals surface area contributed by atoms with E-state index in [2.05, 4.69) is 13.8 Å². The van der Waals surface area contributed by atoms with E-state index < -0.39 is 27.6 Å². The molecule has 2 unspecified atom stereocenters. The first-order chi connectivity index (χ1) is 14.8. The van der Waals surface area contributed by atoms with E-state index in [1.807, 2.05) is 47.7 Å². The topological polar surface area (TPSA) is 66.9 Å². The lowest BCUT2D eigenvalue weighted by Crippen LogP contribution is -2.60. The number of anilines is 1. The van der Waals surface area contributed by atoms with Crippen LogP contribution in [0.1, 0.15) is 46.0 Å². The van der Waals surface area contributed by atoms with Crippen molar-refractivity contribution < 1.29 is 17.9 Å². The smallest absolute Gasteiger partial charge is 0.340 e. The standard InChI is InChI=1S/C23H32N2O4S2/c1-6-8-14-23(7-2)15-18-21(31(27,28)24(23)3)20(22(26)29-4)19(30-5)16-25(18)17-12-10-9-11-13-17/h9-13,16,18H,6-8,14-15H2,1-5H3. The zero-order chi connectivity index (χ0) is 22.8. The molecule has 2 aliphatic heterocycles. The van der Waals surface area contributed by atoms with Crippen LogP contribution in [-0.2, 0) is 19.6 Å². The largest absolute Gasteiger partial charge is 0.465 e. The van der Waals surface area contributed by atoms with Gasteiger partial charge in [-0.2, -0.15) is 4.31 Å². The maximum Gasteiger partial charge on any atom is 0.340 e. The molecule has 2 heterocycles. The number of para-hydroxylation sites is 1. The molecule has 8 heteroatoms. The minimum Gasteiger partial charge on any atom is -0.465 e. The molecular weight excluding hydrogens is 432 g/mol. The Bertz CT molecular complexity index is 988. The Morgan fingerprint density at radius 3 is 2.48 bits per heavy atom. The van der Waals surface area contributed by atoms with Gasteiger partial charge in [-0.15, -0.1) is 11.8 Å². The summed E-state index contributed by atoms with van der Waals surface area (Å²) in [7, 11) is -0.926. The van der Waals surface area contributed by atoms with Gasteiger partial charge < -0.3 is 9.64 Å². The quantitative estimate of drug-likeness (QED) is 0.553. The molecule has 0 spiro atoms. The van der Waals surface area contributed by atoms with Crippen molar-refractivity contribution >= 4 is 33.4 Å². The van der Waals surface area contributed by atoms with Crippen LogP contribution in [0, 0.1) is 0 Å². The van der Waals surface area contributed by atoms with Crippen LogP contribution in [0.2, 0.25) is 0 Å². The molecule has 0 amide bonds. The van der Waals surface area contributed by atoms with Crippen molar-refractivity contribution in [3.05, 3.63) is 51.9 Å². The van der Waals surface area contributed by atoms with Gasteiger partial charge >= 0.3 is 5.97 Å². The van der Waals surface area contributed by atoms with Crippen LogP contribution in [-0.4, -0.2) is 50.7 Å². The molecule has 0 N–H and O–H groups in total. The molecule has 1 aromatic rings. The minimum atomic E-state index is -3.88. The molecule has 6 nitrogen and oxygen atoms in total. The molecule has 0 saturated carbocycles. The summed E-state index contributed by atoms with van der Waals surface area (Å²) in [6.07, 6.45) is 7.80. The lowest BCUT2D eigenvalue weighted by Gasteiger charge is -2.52. The van der Waals surface area contributed by atoms with Gasteiger partial charge in [-0.3, -0.25) is 0 Å². The molecule has 170 valence electrons. The van der Waals surface area contributed by atoms with E-state index in [0.29, 0.717) is 17.7 Å². The molecule has 1 fully saturated rings. The molecule has 1 aromatic carbocycles. The first-order valence-electron chi connectivity index (χ1n) is 10.7. The van der Waals surface area contributed by atoms with Crippen molar-refractivity contribution in [2.24, 2.45) is 0 Å². The highest BCUT2D eigenvalue weighted by atomic mass is 32.2. The summed E-state index contributed by atoms with van der Waals surface area (Å²) < 4.78 is 34.5. The van der Waals surface area contributed by atoms with Crippen LogP contribution >= 0.6 is 11.8 Å². The molecule has 0 radical (unpaired) electrons. The Hall–Kier alpha value is -1.77. The van der Waals surface area contributed by atoms with Crippen molar-refractivity contribution in [2.75, 3.05) is 25.3 Å². The first-order valence-corrected chi connectivity index (χ1v) is 13.3. The number of benzene rings is 1. The molecule has 0 aromatic heterocycles. The summed E-state index contributed by atoms with van der Waals surface area (Å²) in [4.78, 5) is 15.6. The van der Waals surface area contributed by atoms with Crippen molar-refractivity contribution in [2.45, 2.75) is 57.5 Å². The zero-order valence-electron chi connectivity index (χ0n) is 18.9. The van der Waals surface area contributed by atoms with Crippen LogP contribution < -0.4 is 4.90 Å². The summed E-state index contributed by atoms with van der Waals surface area (Å²) in [5.74, 6) is -0.608. The van der Waals surface area contributed by atoms with Gasteiger partial charge in [0.25, 0.3) is 0 Å². The molecule has 2 atom stereocenters. The van der Waals surface area contributed by atoms with Gasteiger partial charge in [-0.25, -0.2) is 13.2 Å². The fourth-order valence-corrected chi connectivity index (χ4v) is 7.47. The van der Waals surface area contributed by atoms with Crippen molar-refractivity contribution in [3.8, 4) is 0 Å². The predicted octanol–water partition coefficient (Wildman–Crippen LogP) is 4.51. The maximum absolute atomic E-state index is 14.0. The Morgan fingerprint density at radius 2 is 1.94 bits per heavy atom. The van der Waals surface area contributed by atoms with Gasteiger partial charge in [-0.1, -0.05) is 44.9 Å². The highest BCUT2D eigenvalue weighted by Crippen LogP contribution is 2.49. The molecule has 3 rings (SSSR count).